The number of esters is 1. The summed E-state index contributed by atoms with van der Waals surface area (Å²) in [6.07, 6.45) is 1.56. The van der Waals surface area contributed by atoms with Crippen molar-refractivity contribution in [3.05, 3.63) is 33.3 Å². The lowest BCUT2D eigenvalue weighted by Crippen LogP contribution is -2.42. The quantitative estimate of drug-likeness (QED) is 0.761. The maximum Gasteiger partial charge on any atom is 0.310 e. The van der Waals surface area contributed by atoms with Gasteiger partial charge in [-0.05, 0) is 38.0 Å². The molecule has 1 aliphatic heterocycles. The van der Waals surface area contributed by atoms with Crippen molar-refractivity contribution in [2.75, 3.05) is 19.7 Å². The van der Waals surface area contributed by atoms with E-state index >= 15 is 0 Å². The number of carbonyl (C=O) groups excluding carboxylic acids is 2. The molecule has 0 unspecified atom stereocenters. The minimum Gasteiger partial charge on any atom is -0.466 e. The number of likely N-dealkylation sites (tertiary alicyclic amines) is 1. The van der Waals surface area contributed by atoms with E-state index in [2.05, 4.69) is 15.9 Å². The molecular formula is C15H17BrClNO3. The number of carbonyl (C=O) groups is 2. The molecule has 1 aromatic carbocycles. The van der Waals surface area contributed by atoms with Gasteiger partial charge in [-0.15, -0.1) is 0 Å². The largest absolute Gasteiger partial charge is 0.466 e. The maximum atomic E-state index is 12.5. The summed E-state index contributed by atoms with van der Waals surface area (Å²) in [5.74, 6) is -0.602. The Morgan fingerprint density at radius 2 is 2.24 bits per heavy atom. The minimum absolute atomic E-state index is 0.138. The fourth-order valence-corrected chi connectivity index (χ4v) is 3.20. The Kier molecular flexibility index (Phi) is 5.65. The number of hydrogen-bond acceptors (Lipinski definition) is 3. The second-order valence-electron chi connectivity index (χ2n) is 4.97. The molecule has 0 bridgehead atoms. The number of nitrogens with zero attached hydrogens (tertiary/aromatic N) is 1. The van der Waals surface area contributed by atoms with Gasteiger partial charge in [0.1, 0.15) is 0 Å². The summed E-state index contributed by atoms with van der Waals surface area (Å²) in [4.78, 5) is 26.0. The highest BCUT2D eigenvalue weighted by molar-refractivity contribution is 9.10. The van der Waals surface area contributed by atoms with Crippen LogP contribution in [0.3, 0.4) is 0 Å². The van der Waals surface area contributed by atoms with Crippen molar-refractivity contribution in [1.82, 2.24) is 4.90 Å². The van der Waals surface area contributed by atoms with Gasteiger partial charge >= 0.3 is 5.97 Å². The standard InChI is InChI=1S/C15H17BrClNO3/c1-2-21-15(20)10-4-3-7-18(9-10)14(19)12-6-5-11(16)8-13(12)17/h5-6,8,10H,2-4,7,9H2,1H3/t10-/m1/s1. The number of rotatable bonds is 3. The van der Waals surface area contributed by atoms with Crippen LogP contribution in [0.15, 0.2) is 22.7 Å². The van der Waals surface area contributed by atoms with Crippen LogP contribution < -0.4 is 0 Å². The second-order valence-corrected chi connectivity index (χ2v) is 6.29. The van der Waals surface area contributed by atoms with Crippen molar-refractivity contribution < 1.29 is 14.3 Å². The molecule has 4 nitrogen and oxygen atoms in total. The molecule has 21 heavy (non-hydrogen) atoms. The van der Waals surface area contributed by atoms with E-state index in [4.69, 9.17) is 16.3 Å². The average molecular weight is 375 g/mol. The van der Waals surface area contributed by atoms with Crippen molar-refractivity contribution >= 4 is 39.4 Å². The van der Waals surface area contributed by atoms with Gasteiger partial charge in [0.25, 0.3) is 5.91 Å². The smallest absolute Gasteiger partial charge is 0.310 e. The Hall–Kier alpha value is -1.07. The third kappa shape index (κ3) is 3.98. The summed E-state index contributed by atoms with van der Waals surface area (Å²) < 4.78 is 5.87. The number of halogens is 2. The predicted octanol–water partition coefficient (Wildman–Crippen LogP) is 3.52. The predicted molar refractivity (Wildman–Crippen MR) is 84.4 cm³/mol. The summed E-state index contributed by atoms with van der Waals surface area (Å²) in [5, 5.41) is 0.410. The topological polar surface area (TPSA) is 46.6 Å². The lowest BCUT2D eigenvalue weighted by atomic mass is 9.97. The Labute approximate surface area is 137 Å². The monoisotopic (exact) mass is 373 g/mol. The van der Waals surface area contributed by atoms with Crippen LogP contribution in [0.5, 0.6) is 0 Å². The Morgan fingerprint density at radius 3 is 2.90 bits per heavy atom. The molecule has 0 radical (unpaired) electrons. The highest BCUT2D eigenvalue weighted by Gasteiger charge is 2.30. The van der Waals surface area contributed by atoms with Gasteiger partial charge in [0.15, 0.2) is 0 Å². The van der Waals surface area contributed by atoms with Gasteiger partial charge in [-0.2, -0.15) is 0 Å². The summed E-state index contributed by atoms with van der Waals surface area (Å²) in [6.45, 7) is 3.18. The lowest BCUT2D eigenvalue weighted by Gasteiger charge is -2.31. The molecule has 1 heterocycles. The van der Waals surface area contributed by atoms with Gasteiger partial charge < -0.3 is 9.64 Å². The average Bonchev–Trinajstić information content (AvgIpc) is 2.47. The van der Waals surface area contributed by atoms with Crippen molar-refractivity contribution in [1.29, 1.82) is 0 Å². The van der Waals surface area contributed by atoms with Crippen molar-refractivity contribution in [2.24, 2.45) is 5.92 Å². The molecule has 0 aromatic heterocycles. The molecule has 1 aliphatic rings. The van der Waals surface area contributed by atoms with E-state index in [9.17, 15) is 9.59 Å². The van der Waals surface area contributed by atoms with Gasteiger partial charge in [0, 0.05) is 17.6 Å². The van der Waals surface area contributed by atoms with Crippen LogP contribution in [0.4, 0.5) is 0 Å². The van der Waals surface area contributed by atoms with E-state index in [1.54, 1.807) is 30.0 Å². The first-order valence-corrected chi connectivity index (χ1v) is 8.11. The maximum absolute atomic E-state index is 12.5. The van der Waals surface area contributed by atoms with E-state index in [-0.39, 0.29) is 17.8 Å². The number of hydrogen-bond donors (Lipinski definition) is 0. The van der Waals surface area contributed by atoms with E-state index in [0.29, 0.717) is 30.3 Å². The van der Waals surface area contributed by atoms with Crippen LogP contribution >= 0.6 is 27.5 Å². The second kappa shape index (κ2) is 7.27. The Bertz CT molecular complexity index is 550. The van der Waals surface area contributed by atoms with Crippen LogP contribution in [0, 0.1) is 5.92 Å². The number of piperidine rings is 1. The van der Waals surface area contributed by atoms with Crippen molar-refractivity contribution in [2.45, 2.75) is 19.8 Å². The molecular weight excluding hydrogens is 358 g/mol. The molecule has 2 rings (SSSR count). The normalized spacial score (nSPS) is 18.4. The molecule has 1 aromatic rings. The van der Waals surface area contributed by atoms with Crippen molar-refractivity contribution in [3.63, 3.8) is 0 Å². The highest BCUT2D eigenvalue weighted by Crippen LogP contribution is 2.25. The van der Waals surface area contributed by atoms with Gasteiger partial charge in [-0.1, -0.05) is 27.5 Å². The number of benzene rings is 1. The first-order chi connectivity index (χ1) is 10.0. The third-order valence-corrected chi connectivity index (χ3v) is 4.30. The van der Waals surface area contributed by atoms with E-state index in [0.717, 1.165) is 17.3 Å². The van der Waals surface area contributed by atoms with Crippen molar-refractivity contribution in [3.8, 4) is 0 Å². The lowest BCUT2D eigenvalue weighted by molar-refractivity contribution is -0.149. The van der Waals surface area contributed by atoms with Crippen LogP contribution in [0.2, 0.25) is 5.02 Å². The third-order valence-electron chi connectivity index (χ3n) is 3.49. The summed E-state index contributed by atoms with van der Waals surface area (Å²) in [5.41, 5.74) is 0.462. The first kappa shape index (κ1) is 16.3. The van der Waals surface area contributed by atoms with Crippen LogP contribution in [0.25, 0.3) is 0 Å². The summed E-state index contributed by atoms with van der Waals surface area (Å²) in [6, 6.07) is 5.18. The molecule has 1 fully saturated rings. The molecule has 0 saturated carbocycles. The zero-order valence-corrected chi connectivity index (χ0v) is 14.1. The SMILES string of the molecule is CCOC(=O)[C@@H]1CCCN(C(=O)c2ccc(Br)cc2Cl)C1. The van der Waals surface area contributed by atoms with Gasteiger partial charge in [0.2, 0.25) is 0 Å². The summed E-state index contributed by atoms with van der Waals surface area (Å²) >= 11 is 9.44. The van der Waals surface area contributed by atoms with Gasteiger partial charge in [0.05, 0.1) is 23.1 Å². The molecule has 0 spiro atoms. The molecule has 0 N–H and O–H groups in total. The first-order valence-electron chi connectivity index (χ1n) is 6.94. The number of ether oxygens (including phenoxy) is 1. The zero-order valence-electron chi connectivity index (χ0n) is 11.8. The van der Waals surface area contributed by atoms with E-state index in [1.165, 1.54) is 0 Å². The fourth-order valence-electron chi connectivity index (χ4n) is 2.45. The van der Waals surface area contributed by atoms with Gasteiger partial charge in [-0.3, -0.25) is 9.59 Å². The van der Waals surface area contributed by atoms with E-state index < -0.39 is 0 Å². The molecule has 114 valence electrons. The highest BCUT2D eigenvalue weighted by atomic mass is 79.9. The molecule has 0 aliphatic carbocycles. The minimum atomic E-state index is -0.239. The molecule has 1 amide bonds. The summed E-state index contributed by atoms with van der Waals surface area (Å²) in [7, 11) is 0. The van der Waals surface area contributed by atoms with Crippen LogP contribution in [0.1, 0.15) is 30.1 Å². The molecule has 1 saturated heterocycles. The molecule has 6 heteroatoms. The van der Waals surface area contributed by atoms with Crippen LogP contribution in [-0.2, 0) is 9.53 Å². The number of amides is 1. The Morgan fingerprint density at radius 1 is 1.48 bits per heavy atom. The van der Waals surface area contributed by atoms with E-state index in [1.807, 2.05) is 0 Å². The molecule has 1 atom stereocenters. The fraction of sp³-hybridized carbons (Fsp3) is 0.467. The Balaban J connectivity index is 2.10. The van der Waals surface area contributed by atoms with Gasteiger partial charge in [-0.25, -0.2) is 0 Å². The van der Waals surface area contributed by atoms with Crippen LogP contribution in [-0.4, -0.2) is 36.5 Å². The zero-order chi connectivity index (χ0) is 15.4.